The number of para-hydroxylation sites is 1. The molecule has 0 atom stereocenters. The molecular formula is C45H43NS. The average molecular weight is 630 g/mol. The molecule has 7 aromatic rings. The lowest BCUT2D eigenvalue weighted by molar-refractivity contribution is 1.18. The minimum absolute atomic E-state index is 1.14. The summed E-state index contributed by atoms with van der Waals surface area (Å²) in [7, 11) is 0. The van der Waals surface area contributed by atoms with E-state index in [-0.39, 0.29) is 0 Å². The van der Waals surface area contributed by atoms with Crippen LogP contribution in [0.2, 0.25) is 0 Å². The van der Waals surface area contributed by atoms with Crippen molar-refractivity contribution >= 4 is 38.5 Å². The first-order valence-electron chi connectivity index (χ1n) is 16.6. The van der Waals surface area contributed by atoms with Crippen molar-refractivity contribution in [3.8, 4) is 32.7 Å². The molecule has 234 valence electrons. The lowest BCUT2D eigenvalue weighted by Gasteiger charge is -2.27. The van der Waals surface area contributed by atoms with E-state index in [0.717, 1.165) is 5.69 Å². The Morgan fingerprint density at radius 2 is 0.894 bits per heavy atom. The summed E-state index contributed by atoms with van der Waals surface area (Å²) >= 11 is 1.91. The van der Waals surface area contributed by atoms with Crippen LogP contribution in [0.15, 0.2) is 133 Å². The van der Waals surface area contributed by atoms with Crippen molar-refractivity contribution in [1.82, 2.24) is 0 Å². The number of thiophene rings is 1. The summed E-state index contributed by atoms with van der Waals surface area (Å²) in [6.07, 6.45) is 0. The Labute approximate surface area is 284 Å². The van der Waals surface area contributed by atoms with E-state index in [1.807, 2.05) is 25.2 Å². The van der Waals surface area contributed by atoms with Crippen LogP contribution in [-0.2, 0) is 0 Å². The van der Waals surface area contributed by atoms with Crippen LogP contribution in [0.1, 0.15) is 41.7 Å². The molecule has 6 aromatic carbocycles. The Balaban J connectivity index is 0.00000190. The van der Waals surface area contributed by atoms with Crippen LogP contribution in [0.5, 0.6) is 0 Å². The largest absolute Gasteiger partial charge is 0.301 e. The van der Waals surface area contributed by atoms with Crippen LogP contribution in [0.3, 0.4) is 0 Å². The van der Waals surface area contributed by atoms with Gasteiger partial charge in [-0.05, 0) is 103 Å². The summed E-state index contributed by atoms with van der Waals surface area (Å²) in [6, 6.07) is 48.2. The maximum atomic E-state index is 2.49. The van der Waals surface area contributed by atoms with Gasteiger partial charge >= 0.3 is 0 Å². The first-order chi connectivity index (χ1) is 23.0. The Hall–Kier alpha value is -4.92. The fourth-order valence-corrected chi connectivity index (χ4v) is 8.23. The molecule has 0 radical (unpaired) electrons. The topological polar surface area (TPSA) is 3.24 Å². The molecule has 0 N–H and O–H groups in total. The molecule has 1 nitrogen and oxygen atoms in total. The van der Waals surface area contributed by atoms with Gasteiger partial charge in [-0.1, -0.05) is 129 Å². The van der Waals surface area contributed by atoms with E-state index in [2.05, 4.69) is 173 Å². The standard InChI is InChI=1S/C43H37NS.C2H6/c1-28-29(2)31(4)39(32(5)30(28)3)42-40(34-19-9-6-10-20-34)41(35-21-11-7-12-22-35)43(45-42)44(36-24-13-8-14-25-36)38-27-17-23-33-18-15-16-26-37(33)38;1-2/h6-27H,1-5H3;1-2H3. The highest BCUT2D eigenvalue weighted by molar-refractivity contribution is 7.21. The van der Waals surface area contributed by atoms with Crippen LogP contribution >= 0.6 is 11.3 Å². The molecule has 0 unspecified atom stereocenters. The highest BCUT2D eigenvalue weighted by atomic mass is 32.1. The number of hydrogen-bond acceptors (Lipinski definition) is 2. The third-order valence-corrected chi connectivity index (χ3v) is 10.7. The van der Waals surface area contributed by atoms with Crippen LogP contribution < -0.4 is 4.90 Å². The fraction of sp³-hybridized carbons (Fsp3) is 0.156. The number of rotatable bonds is 6. The van der Waals surface area contributed by atoms with Crippen LogP contribution in [-0.4, -0.2) is 0 Å². The molecule has 47 heavy (non-hydrogen) atoms. The molecule has 0 amide bonds. The molecule has 7 rings (SSSR count). The Morgan fingerprint density at radius 3 is 1.49 bits per heavy atom. The minimum Gasteiger partial charge on any atom is -0.301 e. The first-order valence-corrected chi connectivity index (χ1v) is 17.4. The lowest BCUT2D eigenvalue weighted by atomic mass is 9.86. The molecule has 2 heteroatoms. The van der Waals surface area contributed by atoms with Gasteiger partial charge in [0.05, 0.1) is 5.69 Å². The van der Waals surface area contributed by atoms with Gasteiger partial charge in [-0.15, -0.1) is 11.3 Å². The zero-order chi connectivity index (χ0) is 33.1. The van der Waals surface area contributed by atoms with Gasteiger partial charge in [0, 0.05) is 27.1 Å². The predicted octanol–water partition coefficient (Wildman–Crippen LogP) is 13.9. The fourth-order valence-electron chi connectivity index (χ4n) is 6.69. The molecule has 0 saturated heterocycles. The number of hydrogen-bond donors (Lipinski definition) is 0. The molecule has 1 aromatic heterocycles. The van der Waals surface area contributed by atoms with E-state index in [9.17, 15) is 0 Å². The molecule has 0 aliphatic heterocycles. The van der Waals surface area contributed by atoms with Crippen molar-refractivity contribution in [2.24, 2.45) is 0 Å². The van der Waals surface area contributed by atoms with Crippen LogP contribution in [0.4, 0.5) is 16.4 Å². The molecule has 0 spiro atoms. The second-order valence-corrected chi connectivity index (χ2v) is 12.9. The maximum Gasteiger partial charge on any atom is 0.109 e. The molecule has 0 saturated carbocycles. The molecule has 0 aliphatic rings. The monoisotopic (exact) mass is 629 g/mol. The minimum atomic E-state index is 1.14. The predicted molar refractivity (Wildman–Crippen MR) is 208 cm³/mol. The van der Waals surface area contributed by atoms with Crippen LogP contribution in [0.25, 0.3) is 43.5 Å². The second kappa shape index (κ2) is 13.8. The van der Waals surface area contributed by atoms with E-state index in [1.54, 1.807) is 0 Å². The Morgan fingerprint density at radius 1 is 0.426 bits per heavy atom. The number of anilines is 3. The molecule has 1 heterocycles. The number of nitrogens with zero attached hydrogens (tertiary/aromatic N) is 1. The van der Waals surface area contributed by atoms with E-state index < -0.39 is 0 Å². The Kier molecular flexibility index (Phi) is 9.43. The van der Waals surface area contributed by atoms with Crippen molar-refractivity contribution in [3.05, 3.63) is 161 Å². The third kappa shape index (κ3) is 5.79. The highest BCUT2D eigenvalue weighted by Crippen LogP contribution is 2.57. The van der Waals surface area contributed by atoms with Crippen molar-refractivity contribution in [3.63, 3.8) is 0 Å². The highest BCUT2D eigenvalue weighted by Gasteiger charge is 2.29. The molecular weight excluding hydrogens is 587 g/mol. The molecule has 0 aliphatic carbocycles. The van der Waals surface area contributed by atoms with Crippen molar-refractivity contribution in [2.75, 3.05) is 4.90 Å². The van der Waals surface area contributed by atoms with Gasteiger partial charge in [0.25, 0.3) is 0 Å². The smallest absolute Gasteiger partial charge is 0.109 e. The van der Waals surface area contributed by atoms with Gasteiger partial charge in [0.2, 0.25) is 0 Å². The van der Waals surface area contributed by atoms with Gasteiger partial charge in [0.15, 0.2) is 0 Å². The van der Waals surface area contributed by atoms with Gasteiger partial charge < -0.3 is 4.90 Å². The normalized spacial score (nSPS) is 10.9. The maximum absolute atomic E-state index is 2.49. The molecule has 0 fully saturated rings. The first kappa shape index (κ1) is 32.0. The van der Waals surface area contributed by atoms with Crippen molar-refractivity contribution < 1.29 is 0 Å². The third-order valence-electron chi connectivity index (χ3n) is 9.47. The van der Waals surface area contributed by atoms with Gasteiger partial charge in [-0.25, -0.2) is 0 Å². The van der Waals surface area contributed by atoms with E-state index in [1.165, 1.54) is 82.0 Å². The van der Waals surface area contributed by atoms with E-state index >= 15 is 0 Å². The second-order valence-electron chi connectivity index (χ2n) is 11.9. The van der Waals surface area contributed by atoms with Gasteiger partial charge in [-0.3, -0.25) is 0 Å². The van der Waals surface area contributed by atoms with Crippen molar-refractivity contribution in [2.45, 2.75) is 48.5 Å². The Bertz CT molecular complexity index is 2110. The SMILES string of the molecule is CC.Cc1c(C)c(C)c(-c2sc(N(c3ccccc3)c3cccc4ccccc34)c(-c3ccccc3)c2-c2ccccc2)c(C)c1C. The zero-order valence-electron chi connectivity index (χ0n) is 28.6. The number of fused-ring (bicyclic) bond motifs is 1. The summed E-state index contributed by atoms with van der Waals surface area (Å²) in [4.78, 5) is 3.81. The van der Waals surface area contributed by atoms with Crippen molar-refractivity contribution in [1.29, 1.82) is 0 Å². The van der Waals surface area contributed by atoms with Crippen LogP contribution in [0, 0.1) is 34.6 Å². The quantitative estimate of drug-likeness (QED) is 0.177. The summed E-state index contributed by atoms with van der Waals surface area (Å²) in [5.41, 5.74) is 15.5. The molecule has 0 bridgehead atoms. The summed E-state index contributed by atoms with van der Waals surface area (Å²) < 4.78 is 0. The van der Waals surface area contributed by atoms with E-state index in [0.29, 0.717) is 0 Å². The average Bonchev–Trinajstić information content (AvgIpc) is 3.51. The summed E-state index contributed by atoms with van der Waals surface area (Å²) in [5.74, 6) is 0. The lowest BCUT2D eigenvalue weighted by Crippen LogP contribution is -2.10. The zero-order valence-corrected chi connectivity index (χ0v) is 29.4. The van der Waals surface area contributed by atoms with Gasteiger partial charge in [-0.2, -0.15) is 0 Å². The van der Waals surface area contributed by atoms with E-state index in [4.69, 9.17) is 0 Å². The summed E-state index contributed by atoms with van der Waals surface area (Å²) in [6.45, 7) is 15.4. The number of benzene rings is 6. The summed E-state index contributed by atoms with van der Waals surface area (Å²) in [5, 5.41) is 3.68. The van der Waals surface area contributed by atoms with Gasteiger partial charge in [0.1, 0.15) is 5.00 Å².